The Morgan fingerprint density at radius 2 is 1.63 bits per heavy atom. The van der Waals surface area contributed by atoms with E-state index in [4.69, 9.17) is 14.2 Å². The van der Waals surface area contributed by atoms with Crippen LogP contribution < -0.4 is 0 Å². The van der Waals surface area contributed by atoms with Crippen molar-refractivity contribution in [2.75, 3.05) is 28.4 Å². The van der Waals surface area contributed by atoms with Crippen LogP contribution in [0.1, 0.15) is 44.9 Å². The molecule has 0 aromatic heterocycles. The number of ether oxygens (including phenoxy) is 3. The van der Waals surface area contributed by atoms with Gasteiger partial charge in [-0.1, -0.05) is 25.3 Å². The number of esters is 3. The van der Waals surface area contributed by atoms with Gasteiger partial charge >= 0.3 is 17.9 Å². The summed E-state index contributed by atoms with van der Waals surface area (Å²) in [5, 5.41) is 0. The van der Waals surface area contributed by atoms with Crippen molar-refractivity contribution in [1.82, 2.24) is 4.90 Å². The van der Waals surface area contributed by atoms with Crippen LogP contribution in [0, 0.1) is 5.41 Å². The topological polar surface area (TPSA) is 82.1 Å². The second kappa shape index (κ2) is 9.06. The number of rotatable bonds is 5. The van der Waals surface area contributed by atoms with Crippen molar-refractivity contribution >= 4 is 17.9 Å². The number of carbonyl (C=O) groups excluding carboxylic acids is 3. The molecule has 7 nitrogen and oxygen atoms in total. The van der Waals surface area contributed by atoms with Gasteiger partial charge in [-0.3, -0.25) is 9.59 Å². The lowest BCUT2D eigenvalue weighted by atomic mass is 9.73. The Labute approximate surface area is 160 Å². The molecule has 0 spiro atoms. The van der Waals surface area contributed by atoms with Gasteiger partial charge in [0.2, 0.25) is 0 Å². The van der Waals surface area contributed by atoms with Crippen molar-refractivity contribution < 1.29 is 28.6 Å². The van der Waals surface area contributed by atoms with Crippen LogP contribution in [0.15, 0.2) is 23.4 Å². The van der Waals surface area contributed by atoms with E-state index < -0.39 is 23.3 Å². The molecule has 2 aliphatic rings. The van der Waals surface area contributed by atoms with Crippen molar-refractivity contribution in [2.24, 2.45) is 5.41 Å². The molecule has 1 fully saturated rings. The van der Waals surface area contributed by atoms with Crippen LogP contribution in [0.5, 0.6) is 0 Å². The van der Waals surface area contributed by atoms with Crippen molar-refractivity contribution in [1.29, 1.82) is 0 Å². The number of nitrogens with zero attached hydrogens (tertiary/aromatic N) is 1. The maximum Gasteiger partial charge on any atom is 0.330 e. The van der Waals surface area contributed by atoms with E-state index in [-0.39, 0.29) is 12.8 Å². The monoisotopic (exact) mass is 379 g/mol. The average Bonchev–Trinajstić information content (AvgIpc) is 2.72. The van der Waals surface area contributed by atoms with E-state index >= 15 is 0 Å². The van der Waals surface area contributed by atoms with E-state index in [1.807, 2.05) is 13.1 Å². The van der Waals surface area contributed by atoms with Gasteiger partial charge in [-0.2, -0.15) is 0 Å². The highest BCUT2D eigenvalue weighted by Crippen LogP contribution is 2.42. The Morgan fingerprint density at radius 3 is 2.15 bits per heavy atom. The first-order valence-corrected chi connectivity index (χ1v) is 9.28. The highest BCUT2D eigenvalue weighted by molar-refractivity contribution is 6.01. The zero-order chi connectivity index (χ0) is 20.0. The highest BCUT2D eigenvalue weighted by Gasteiger charge is 2.51. The van der Waals surface area contributed by atoms with Gasteiger partial charge in [-0.25, -0.2) is 4.79 Å². The van der Waals surface area contributed by atoms with Gasteiger partial charge in [-0.05, 0) is 24.8 Å². The Balaban J connectivity index is 2.44. The SMILES string of the molecule is COC(=O)/C=C1\CC(C(=O)OC)(C(=O)OC)CC=C1N(C)C1CCCCC1. The molecule has 2 aliphatic carbocycles. The Bertz CT molecular complexity index is 629. The predicted octanol–water partition coefficient (Wildman–Crippen LogP) is 2.36. The maximum atomic E-state index is 12.5. The molecule has 0 amide bonds. The summed E-state index contributed by atoms with van der Waals surface area (Å²) < 4.78 is 14.5. The number of carbonyl (C=O) groups is 3. The van der Waals surface area contributed by atoms with Crippen molar-refractivity contribution in [3.8, 4) is 0 Å². The van der Waals surface area contributed by atoms with Crippen LogP contribution >= 0.6 is 0 Å². The van der Waals surface area contributed by atoms with Crippen LogP contribution in [0.3, 0.4) is 0 Å². The summed E-state index contributed by atoms with van der Waals surface area (Å²) in [5.41, 5.74) is -0.0482. The largest absolute Gasteiger partial charge is 0.468 e. The molecular weight excluding hydrogens is 350 g/mol. The maximum absolute atomic E-state index is 12.5. The van der Waals surface area contributed by atoms with E-state index in [1.165, 1.54) is 46.7 Å². The van der Waals surface area contributed by atoms with Crippen LogP contribution in [0.25, 0.3) is 0 Å². The Hall–Kier alpha value is -2.31. The minimum Gasteiger partial charge on any atom is -0.468 e. The third-order valence-corrected chi connectivity index (χ3v) is 5.61. The molecule has 2 rings (SSSR count). The fourth-order valence-electron chi connectivity index (χ4n) is 4.04. The molecule has 0 radical (unpaired) electrons. The van der Waals surface area contributed by atoms with Gasteiger partial charge in [0.25, 0.3) is 0 Å². The molecule has 150 valence electrons. The first kappa shape index (κ1) is 21.0. The number of methoxy groups -OCH3 is 3. The minimum atomic E-state index is -1.49. The third kappa shape index (κ3) is 4.34. The molecule has 27 heavy (non-hydrogen) atoms. The molecule has 0 N–H and O–H groups in total. The van der Waals surface area contributed by atoms with E-state index in [9.17, 15) is 14.4 Å². The van der Waals surface area contributed by atoms with Crippen LogP contribution in [0.2, 0.25) is 0 Å². The second-order valence-corrected chi connectivity index (χ2v) is 7.13. The van der Waals surface area contributed by atoms with Gasteiger partial charge in [0.15, 0.2) is 5.41 Å². The zero-order valence-electron chi connectivity index (χ0n) is 16.6. The molecule has 0 aromatic rings. The van der Waals surface area contributed by atoms with E-state index in [2.05, 4.69) is 4.90 Å². The standard InChI is InChI=1S/C20H29NO6/c1-21(15-8-6-5-7-9-15)16-10-11-20(18(23)26-3,19(24)27-4)13-14(16)12-17(22)25-2/h10,12,15H,5-9,11,13H2,1-4H3/b14-12+. The Morgan fingerprint density at radius 1 is 1.04 bits per heavy atom. The summed E-state index contributed by atoms with van der Waals surface area (Å²) in [7, 11) is 5.77. The van der Waals surface area contributed by atoms with Crippen molar-refractivity contribution in [2.45, 2.75) is 51.0 Å². The lowest BCUT2D eigenvalue weighted by Gasteiger charge is -2.40. The smallest absolute Gasteiger partial charge is 0.330 e. The molecule has 0 unspecified atom stereocenters. The third-order valence-electron chi connectivity index (χ3n) is 5.61. The van der Waals surface area contributed by atoms with E-state index in [0.717, 1.165) is 18.5 Å². The van der Waals surface area contributed by atoms with E-state index in [1.54, 1.807) is 0 Å². The fraction of sp³-hybridized carbons (Fsp3) is 0.650. The normalized spacial score (nSPS) is 21.2. The summed E-state index contributed by atoms with van der Waals surface area (Å²) in [4.78, 5) is 39.0. The van der Waals surface area contributed by atoms with Gasteiger partial charge in [0.1, 0.15) is 0 Å². The summed E-state index contributed by atoms with van der Waals surface area (Å²) in [5.74, 6) is -1.86. The molecule has 7 heteroatoms. The molecule has 1 saturated carbocycles. The van der Waals surface area contributed by atoms with Gasteiger partial charge in [0, 0.05) is 31.3 Å². The molecule has 0 saturated heterocycles. The van der Waals surface area contributed by atoms with Crippen molar-refractivity contribution in [3.63, 3.8) is 0 Å². The van der Waals surface area contributed by atoms with Gasteiger partial charge in [-0.15, -0.1) is 0 Å². The molecule has 0 bridgehead atoms. The zero-order valence-corrected chi connectivity index (χ0v) is 16.6. The van der Waals surface area contributed by atoms with Crippen LogP contribution in [-0.4, -0.2) is 57.2 Å². The van der Waals surface area contributed by atoms with Crippen LogP contribution in [0.4, 0.5) is 0 Å². The lowest BCUT2D eigenvalue weighted by Crippen LogP contribution is -2.45. The fourth-order valence-corrected chi connectivity index (χ4v) is 4.04. The molecule has 0 heterocycles. The van der Waals surface area contributed by atoms with Gasteiger partial charge in [0.05, 0.1) is 21.3 Å². The van der Waals surface area contributed by atoms with Gasteiger partial charge < -0.3 is 19.1 Å². The quantitative estimate of drug-likeness (QED) is 0.314. The first-order valence-electron chi connectivity index (χ1n) is 9.28. The summed E-state index contributed by atoms with van der Waals surface area (Å²) in [6.07, 6.45) is 9.13. The minimum absolute atomic E-state index is 0.0321. The summed E-state index contributed by atoms with van der Waals surface area (Å²) in [6.45, 7) is 0. The highest BCUT2D eigenvalue weighted by atomic mass is 16.5. The van der Waals surface area contributed by atoms with Crippen molar-refractivity contribution in [3.05, 3.63) is 23.4 Å². The predicted molar refractivity (Wildman–Crippen MR) is 98.5 cm³/mol. The summed E-state index contributed by atoms with van der Waals surface area (Å²) >= 11 is 0. The lowest BCUT2D eigenvalue weighted by molar-refractivity contribution is -0.169. The number of hydrogen-bond donors (Lipinski definition) is 0. The summed E-state index contributed by atoms with van der Waals surface area (Å²) in [6, 6.07) is 0.370. The number of hydrogen-bond acceptors (Lipinski definition) is 7. The first-order chi connectivity index (χ1) is 12.9. The number of allylic oxidation sites excluding steroid dienone is 2. The number of likely N-dealkylation sites (N-methyl/N-ethyl adjacent to an activating group) is 1. The molecule has 0 aromatic carbocycles. The molecule has 0 atom stereocenters. The average molecular weight is 379 g/mol. The molecular formula is C20H29NO6. The van der Waals surface area contributed by atoms with E-state index in [0.29, 0.717) is 11.6 Å². The second-order valence-electron chi connectivity index (χ2n) is 7.13. The Kier molecular flexibility index (Phi) is 7.05. The van der Waals surface area contributed by atoms with Crippen LogP contribution in [-0.2, 0) is 28.6 Å². The molecule has 0 aliphatic heterocycles.